The number of aryl methyl sites for hydroxylation is 1. The van der Waals surface area contributed by atoms with E-state index in [2.05, 4.69) is 43.4 Å². The average molecular weight is 247 g/mol. The van der Waals surface area contributed by atoms with Crippen molar-refractivity contribution in [3.8, 4) is 0 Å². The van der Waals surface area contributed by atoms with Gasteiger partial charge in [0.25, 0.3) is 0 Å². The summed E-state index contributed by atoms with van der Waals surface area (Å²) in [6.45, 7) is 8.10. The standard InChI is InChI=1S/C16H25NO/c1-3-17-10-16(12-18-11-14-6-7-14)15-8-4-13(2)5-9-15/h4-5,8-9,14,16-17H,3,6-7,10-12H2,1-2H3. The Hall–Kier alpha value is -0.860. The first-order valence-corrected chi connectivity index (χ1v) is 7.14. The minimum absolute atomic E-state index is 0.476. The molecule has 1 atom stereocenters. The Kier molecular flexibility index (Phi) is 5.21. The third-order valence-corrected chi connectivity index (χ3v) is 3.56. The van der Waals surface area contributed by atoms with E-state index in [1.807, 2.05) is 0 Å². The van der Waals surface area contributed by atoms with Gasteiger partial charge in [0.05, 0.1) is 6.61 Å². The molecule has 0 amide bonds. The fraction of sp³-hybridized carbons (Fsp3) is 0.625. The highest BCUT2D eigenvalue weighted by molar-refractivity contribution is 5.24. The molecular weight excluding hydrogens is 222 g/mol. The van der Waals surface area contributed by atoms with Crippen LogP contribution in [0.1, 0.15) is 36.8 Å². The number of ether oxygens (including phenoxy) is 1. The number of rotatable bonds is 8. The zero-order valence-electron chi connectivity index (χ0n) is 11.6. The summed E-state index contributed by atoms with van der Waals surface area (Å²) in [7, 11) is 0. The van der Waals surface area contributed by atoms with Crippen molar-refractivity contribution < 1.29 is 4.74 Å². The van der Waals surface area contributed by atoms with Gasteiger partial charge in [0, 0.05) is 19.1 Å². The van der Waals surface area contributed by atoms with Gasteiger partial charge in [-0.1, -0.05) is 36.8 Å². The number of benzene rings is 1. The molecule has 0 bridgehead atoms. The molecular formula is C16H25NO. The van der Waals surface area contributed by atoms with Crippen molar-refractivity contribution in [3.63, 3.8) is 0 Å². The van der Waals surface area contributed by atoms with Gasteiger partial charge in [-0.05, 0) is 37.8 Å². The van der Waals surface area contributed by atoms with Gasteiger partial charge >= 0.3 is 0 Å². The smallest absolute Gasteiger partial charge is 0.0547 e. The Morgan fingerprint density at radius 1 is 1.28 bits per heavy atom. The number of nitrogens with one attached hydrogen (secondary N) is 1. The first-order valence-electron chi connectivity index (χ1n) is 7.14. The van der Waals surface area contributed by atoms with E-state index in [0.29, 0.717) is 5.92 Å². The van der Waals surface area contributed by atoms with Crippen LogP contribution in [0.15, 0.2) is 24.3 Å². The van der Waals surface area contributed by atoms with Crippen LogP contribution in [0.3, 0.4) is 0 Å². The topological polar surface area (TPSA) is 21.3 Å². The molecule has 1 aliphatic rings. The van der Waals surface area contributed by atoms with E-state index < -0.39 is 0 Å². The van der Waals surface area contributed by atoms with E-state index in [-0.39, 0.29) is 0 Å². The summed E-state index contributed by atoms with van der Waals surface area (Å²) in [6, 6.07) is 8.85. The zero-order valence-corrected chi connectivity index (χ0v) is 11.6. The Bertz CT molecular complexity index is 343. The summed E-state index contributed by atoms with van der Waals surface area (Å²) < 4.78 is 5.86. The maximum atomic E-state index is 5.86. The minimum atomic E-state index is 0.476. The molecule has 1 aliphatic carbocycles. The van der Waals surface area contributed by atoms with Crippen LogP contribution < -0.4 is 5.32 Å². The number of likely N-dealkylation sites (N-methyl/N-ethyl adjacent to an activating group) is 1. The largest absolute Gasteiger partial charge is 0.380 e. The fourth-order valence-electron chi connectivity index (χ4n) is 2.09. The molecule has 0 spiro atoms. The molecule has 0 heterocycles. The Balaban J connectivity index is 1.87. The van der Waals surface area contributed by atoms with Crippen LogP contribution in [0.25, 0.3) is 0 Å². The first kappa shape index (κ1) is 13.6. The summed E-state index contributed by atoms with van der Waals surface area (Å²) in [6.07, 6.45) is 2.73. The second kappa shape index (κ2) is 6.91. The van der Waals surface area contributed by atoms with Crippen molar-refractivity contribution in [2.75, 3.05) is 26.3 Å². The maximum Gasteiger partial charge on any atom is 0.0547 e. The highest BCUT2D eigenvalue weighted by Crippen LogP contribution is 2.29. The monoisotopic (exact) mass is 247 g/mol. The van der Waals surface area contributed by atoms with E-state index in [4.69, 9.17) is 4.74 Å². The lowest BCUT2D eigenvalue weighted by Gasteiger charge is -2.18. The van der Waals surface area contributed by atoms with Crippen LogP contribution in [0.4, 0.5) is 0 Å². The van der Waals surface area contributed by atoms with E-state index >= 15 is 0 Å². The van der Waals surface area contributed by atoms with Gasteiger partial charge in [0.2, 0.25) is 0 Å². The average Bonchev–Trinajstić information content (AvgIpc) is 3.19. The molecule has 100 valence electrons. The van der Waals surface area contributed by atoms with Crippen molar-refractivity contribution in [1.82, 2.24) is 5.32 Å². The third kappa shape index (κ3) is 4.43. The fourth-order valence-corrected chi connectivity index (χ4v) is 2.09. The van der Waals surface area contributed by atoms with Gasteiger partial charge < -0.3 is 10.1 Å². The van der Waals surface area contributed by atoms with E-state index in [1.165, 1.54) is 24.0 Å². The van der Waals surface area contributed by atoms with E-state index in [9.17, 15) is 0 Å². The van der Waals surface area contributed by atoms with Gasteiger partial charge in [-0.25, -0.2) is 0 Å². The van der Waals surface area contributed by atoms with Gasteiger partial charge in [-0.15, -0.1) is 0 Å². The Morgan fingerprint density at radius 2 is 2.00 bits per heavy atom. The first-order chi connectivity index (χ1) is 8.79. The molecule has 2 rings (SSSR count). The summed E-state index contributed by atoms with van der Waals surface area (Å²) in [5, 5.41) is 3.44. The quantitative estimate of drug-likeness (QED) is 0.762. The van der Waals surface area contributed by atoms with E-state index in [1.54, 1.807) is 0 Å². The lowest BCUT2D eigenvalue weighted by molar-refractivity contribution is 0.110. The highest BCUT2D eigenvalue weighted by atomic mass is 16.5. The van der Waals surface area contributed by atoms with Crippen LogP contribution in [0.2, 0.25) is 0 Å². The molecule has 0 aliphatic heterocycles. The normalized spacial score (nSPS) is 16.8. The SMILES string of the molecule is CCNCC(COCC1CC1)c1ccc(C)cc1. The van der Waals surface area contributed by atoms with Crippen LogP contribution in [-0.4, -0.2) is 26.3 Å². The van der Waals surface area contributed by atoms with Crippen molar-refractivity contribution >= 4 is 0 Å². The van der Waals surface area contributed by atoms with E-state index in [0.717, 1.165) is 32.2 Å². The van der Waals surface area contributed by atoms with Gasteiger partial charge in [0.15, 0.2) is 0 Å². The number of hydrogen-bond donors (Lipinski definition) is 1. The molecule has 1 fully saturated rings. The second-order valence-corrected chi connectivity index (χ2v) is 5.40. The van der Waals surface area contributed by atoms with Crippen LogP contribution in [0, 0.1) is 12.8 Å². The lowest BCUT2D eigenvalue weighted by atomic mass is 9.99. The molecule has 2 nitrogen and oxygen atoms in total. The molecule has 0 saturated heterocycles. The van der Waals surface area contributed by atoms with Crippen LogP contribution in [0.5, 0.6) is 0 Å². The second-order valence-electron chi connectivity index (χ2n) is 5.40. The van der Waals surface area contributed by atoms with Gasteiger partial charge in [-0.3, -0.25) is 0 Å². The molecule has 1 aromatic carbocycles. The van der Waals surface area contributed by atoms with Crippen molar-refractivity contribution in [2.24, 2.45) is 5.92 Å². The Morgan fingerprint density at radius 3 is 2.61 bits per heavy atom. The molecule has 1 N–H and O–H groups in total. The minimum Gasteiger partial charge on any atom is -0.380 e. The summed E-state index contributed by atoms with van der Waals surface area (Å²) in [4.78, 5) is 0. The van der Waals surface area contributed by atoms with Crippen LogP contribution in [-0.2, 0) is 4.74 Å². The molecule has 18 heavy (non-hydrogen) atoms. The summed E-state index contributed by atoms with van der Waals surface area (Å²) in [5.41, 5.74) is 2.71. The van der Waals surface area contributed by atoms with Crippen molar-refractivity contribution in [1.29, 1.82) is 0 Å². The predicted octanol–water partition coefficient (Wildman–Crippen LogP) is 3.11. The Labute approximate surface area is 111 Å². The maximum absolute atomic E-state index is 5.86. The molecule has 0 aromatic heterocycles. The van der Waals surface area contributed by atoms with Gasteiger partial charge in [-0.2, -0.15) is 0 Å². The molecule has 1 aromatic rings. The number of hydrogen-bond acceptors (Lipinski definition) is 2. The lowest BCUT2D eigenvalue weighted by Crippen LogP contribution is -2.24. The third-order valence-electron chi connectivity index (χ3n) is 3.56. The molecule has 0 radical (unpaired) electrons. The summed E-state index contributed by atoms with van der Waals surface area (Å²) >= 11 is 0. The zero-order chi connectivity index (χ0) is 12.8. The predicted molar refractivity (Wildman–Crippen MR) is 76.0 cm³/mol. The molecule has 2 heteroatoms. The summed E-state index contributed by atoms with van der Waals surface area (Å²) in [5.74, 6) is 1.33. The van der Waals surface area contributed by atoms with Crippen molar-refractivity contribution in [3.05, 3.63) is 35.4 Å². The van der Waals surface area contributed by atoms with Crippen molar-refractivity contribution in [2.45, 2.75) is 32.6 Å². The van der Waals surface area contributed by atoms with Crippen LogP contribution >= 0.6 is 0 Å². The molecule has 1 saturated carbocycles. The highest BCUT2D eigenvalue weighted by Gasteiger charge is 2.22. The molecule has 1 unspecified atom stereocenters. The van der Waals surface area contributed by atoms with Gasteiger partial charge in [0.1, 0.15) is 0 Å².